The highest BCUT2D eigenvalue weighted by atomic mass is 35.5. The third-order valence-corrected chi connectivity index (χ3v) is 6.93. The smallest absolute Gasteiger partial charge is 0.374 e. The predicted molar refractivity (Wildman–Crippen MR) is 118 cm³/mol. The van der Waals surface area contributed by atoms with E-state index in [4.69, 9.17) is 28.0 Å². The second kappa shape index (κ2) is 9.98. The van der Waals surface area contributed by atoms with Crippen molar-refractivity contribution in [3.63, 3.8) is 0 Å². The molecule has 1 aliphatic heterocycles. The van der Waals surface area contributed by atoms with Gasteiger partial charge in [0.2, 0.25) is 5.91 Å². The highest BCUT2D eigenvalue weighted by molar-refractivity contribution is 7.85. The van der Waals surface area contributed by atoms with E-state index in [0.29, 0.717) is 5.56 Å². The molecule has 0 saturated heterocycles. The molecular weight excluding hydrogens is 545 g/mol. The Kier molecular flexibility index (Phi) is 7.78. The first-order valence-corrected chi connectivity index (χ1v) is 11.8. The lowest BCUT2D eigenvalue weighted by molar-refractivity contribution is -0.275. The monoisotopic (exact) mass is 560 g/mol. The number of aryl methyl sites for hydroxylation is 1. The molecule has 0 aliphatic carbocycles. The minimum Gasteiger partial charge on any atom is -0.374 e. The van der Waals surface area contributed by atoms with Crippen LogP contribution in [0.4, 0.5) is 26.3 Å². The second-order valence-corrected chi connectivity index (χ2v) is 9.94. The summed E-state index contributed by atoms with van der Waals surface area (Å²) in [4.78, 5) is 16.7. The van der Waals surface area contributed by atoms with Crippen LogP contribution in [0.25, 0.3) is 0 Å². The number of benzene rings is 2. The highest BCUT2D eigenvalue weighted by Crippen LogP contribution is 2.49. The molecule has 0 fully saturated rings. The predicted octanol–water partition coefficient (Wildman–Crippen LogP) is 5.67. The summed E-state index contributed by atoms with van der Waals surface area (Å²) in [5.41, 5.74) is -2.64. The van der Waals surface area contributed by atoms with Gasteiger partial charge in [0.15, 0.2) is 0 Å². The van der Waals surface area contributed by atoms with Crippen molar-refractivity contribution in [1.82, 2.24) is 5.32 Å². The van der Waals surface area contributed by atoms with E-state index in [0.717, 1.165) is 12.1 Å². The lowest BCUT2D eigenvalue weighted by Gasteiger charge is -2.29. The van der Waals surface area contributed by atoms with E-state index in [1.54, 1.807) is 5.32 Å². The Bertz CT molecular complexity index is 1180. The Balaban J connectivity index is 1.81. The first kappa shape index (κ1) is 27.3. The molecule has 1 aliphatic rings. The van der Waals surface area contributed by atoms with Gasteiger partial charge in [-0.3, -0.25) is 9.00 Å². The molecule has 0 spiro atoms. The Morgan fingerprint density at radius 3 is 2.29 bits per heavy atom. The number of nitrogens with zero attached hydrogens (tertiary/aromatic N) is 1. The molecule has 1 amide bonds. The summed E-state index contributed by atoms with van der Waals surface area (Å²) in [6.45, 7) is -0.0615. The number of hydrogen-bond acceptors (Lipinski definition) is 4. The van der Waals surface area contributed by atoms with Crippen LogP contribution in [0, 0.1) is 6.92 Å². The van der Waals surface area contributed by atoms with Crippen LogP contribution in [-0.4, -0.2) is 40.5 Å². The van der Waals surface area contributed by atoms with Gasteiger partial charge in [-0.25, -0.2) is 0 Å². The van der Waals surface area contributed by atoms with E-state index < -0.39 is 53.4 Å². The standard InChI is InChI=1S/C21H16Cl2F6N2O3S/c1-11-4-12(2-3-17(11)35(33)9-18(32)30-10-20(24,25)26)16-8-19(34-31-16,21(27,28)29)13-5-14(22)7-15(23)6-13/h2-7H,8-10H2,1H3,(H,30,32)/t19-,35?/m0/s1. The van der Waals surface area contributed by atoms with Gasteiger partial charge >= 0.3 is 12.4 Å². The van der Waals surface area contributed by atoms with Crippen LogP contribution in [0.2, 0.25) is 10.0 Å². The summed E-state index contributed by atoms with van der Waals surface area (Å²) in [5.74, 6) is -1.78. The van der Waals surface area contributed by atoms with E-state index in [1.807, 2.05) is 0 Å². The normalized spacial score (nSPS) is 19.2. The fourth-order valence-corrected chi connectivity index (χ4v) is 5.04. The summed E-state index contributed by atoms with van der Waals surface area (Å²) >= 11 is 11.8. The Morgan fingerprint density at radius 1 is 1.11 bits per heavy atom. The molecular formula is C21H16Cl2F6N2O3S. The summed E-state index contributed by atoms with van der Waals surface area (Å²) in [6.07, 6.45) is -10.2. The number of alkyl halides is 6. The molecule has 0 saturated carbocycles. The molecule has 2 atom stereocenters. The fraction of sp³-hybridized carbons (Fsp3) is 0.333. The first-order chi connectivity index (χ1) is 16.1. The highest BCUT2D eigenvalue weighted by Gasteiger charge is 2.62. The average molecular weight is 561 g/mol. The van der Waals surface area contributed by atoms with Gasteiger partial charge in [-0.2, -0.15) is 26.3 Å². The minimum absolute atomic E-state index is 0.0184. The molecule has 0 aromatic heterocycles. The number of carbonyl (C=O) groups is 1. The van der Waals surface area contributed by atoms with Gasteiger partial charge in [0, 0.05) is 26.9 Å². The Labute approximate surface area is 207 Å². The number of hydrogen-bond donors (Lipinski definition) is 1. The molecule has 3 rings (SSSR count). The van der Waals surface area contributed by atoms with Gasteiger partial charge in [-0.05, 0) is 48.4 Å². The van der Waals surface area contributed by atoms with Crippen LogP contribution in [0.3, 0.4) is 0 Å². The maximum Gasteiger partial charge on any atom is 0.435 e. The molecule has 35 heavy (non-hydrogen) atoms. The molecule has 0 radical (unpaired) electrons. The van der Waals surface area contributed by atoms with E-state index >= 15 is 0 Å². The van der Waals surface area contributed by atoms with Crippen molar-refractivity contribution in [2.45, 2.75) is 36.2 Å². The largest absolute Gasteiger partial charge is 0.435 e. The SMILES string of the molecule is Cc1cc(C2=NO[C@@](c3cc(Cl)cc(Cl)c3)(C(F)(F)F)C2)ccc1S(=O)CC(=O)NCC(F)(F)F. The van der Waals surface area contributed by atoms with Crippen LogP contribution in [0.1, 0.15) is 23.1 Å². The van der Waals surface area contributed by atoms with E-state index in [2.05, 4.69) is 5.16 Å². The third-order valence-electron chi connectivity index (χ3n) is 5.02. The van der Waals surface area contributed by atoms with Crippen LogP contribution >= 0.6 is 23.2 Å². The lowest BCUT2D eigenvalue weighted by Crippen LogP contribution is -2.42. The van der Waals surface area contributed by atoms with Crippen LogP contribution in [0.15, 0.2) is 46.4 Å². The Hall–Kier alpha value is -2.31. The van der Waals surface area contributed by atoms with Crippen molar-refractivity contribution in [3.8, 4) is 0 Å². The van der Waals surface area contributed by atoms with Crippen LogP contribution in [0.5, 0.6) is 0 Å². The molecule has 2 aromatic carbocycles. The number of nitrogens with one attached hydrogen (secondary N) is 1. The molecule has 14 heteroatoms. The molecule has 1 N–H and O–H groups in total. The number of oxime groups is 1. The van der Waals surface area contributed by atoms with Gasteiger partial charge in [0.25, 0.3) is 5.60 Å². The quantitative estimate of drug-likeness (QED) is 0.463. The van der Waals surface area contributed by atoms with Gasteiger partial charge < -0.3 is 10.2 Å². The molecule has 1 unspecified atom stereocenters. The maximum atomic E-state index is 14.1. The fourth-order valence-electron chi connectivity index (χ4n) is 3.38. The van der Waals surface area contributed by atoms with Gasteiger partial charge in [-0.1, -0.05) is 34.4 Å². The van der Waals surface area contributed by atoms with Crippen molar-refractivity contribution < 1.29 is 40.2 Å². The lowest BCUT2D eigenvalue weighted by atomic mass is 9.86. The molecule has 1 heterocycles. The number of carbonyl (C=O) groups excluding carboxylic acids is 1. The second-order valence-electron chi connectivity index (χ2n) is 7.65. The maximum absolute atomic E-state index is 14.1. The van der Waals surface area contributed by atoms with Gasteiger partial charge in [-0.15, -0.1) is 0 Å². The van der Waals surface area contributed by atoms with Crippen molar-refractivity contribution in [1.29, 1.82) is 0 Å². The van der Waals surface area contributed by atoms with Crippen LogP contribution in [-0.2, 0) is 26.0 Å². The van der Waals surface area contributed by atoms with Crippen molar-refractivity contribution in [2.75, 3.05) is 12.3 Å². The average Bonchev–Trinajstić information content (AvgIpc) is 3.18. The Morgan fingerprint density at radius 2 is 1.74 bits per heavy atom. The third kappa shape index (κ3) is 6.28. The number of rotatable bonds is 6. The zero-order chi connectivity index (χ0) is 26.2. The zero-order valence-corrected chi connectivity index (χ0v) is 20.0. The molecule has 0 bridgehead atoms. The summed E-state index contributed by atoms with van der Waals surface area (Å²) in [6, 6.07) is 7.50. The summed E-state index contributed by atoms with van der Waals surface area (Å²) in [7, 11) is -1.99. The summed E-state index contributed by atoms with van der Waals surface area (Å²) < 4.78 is 91.5. The topological polar surface area (TPSA) is 67.8 Å². The van der Waals surface area contributed by atoms with Crippen LogP contribution < -0.4 is 5.32 Å². The zero-order valence-electron chi connectivity index (χ0n) is 17.7. The van der Waals surface area contributed by atoms with E-state index in [1.165, 1.54) is 31.2 Å². The van der Waals surface area contributed by atoms with E-state index in [-0.39, 0.29) is 31.8 Å². The van der Waals surface area contributed by atoms with Crippen molar-refractivity contribution >= 4 is 45.6 Å². The van der Waals surface area contributed by atoms with E-state index in [9.17, 15) is 35.3 Å². The number of halogens is 8. The van der Waals surface area contributed by atoms with Gasteiger partial charge in [0.05, 0.1) is 16.5 Å². The molecule has 190 valence electrons. The molecule has 5 nitrogen and oxygen atoms in total. The van der Waals surface area contributed by atoms with Crippen molar-refractivity contribution in [2.24, 2.45) is 5.16 Å². The minimum atomic E-state index is -4.88. The van der Waals surface area contributed by atoms with Crippen molar-refractivity contribution in [3.05, 3.63) is 63.1 Å². The molecule has 2 aromatic rings. The first-order valence-electron chi connectivity index (χ1n) is 9.72. The summed E-state index contributed by atoms with van der Waals surface area (Å²) in [5, 5.41) is 5.23. The van der Waals surface area contributed by atoms with Gasteiger partial charge in [0.1, 0.15) is 12.3 Å². The number of amides is 1.